The molecular weight excluding hydrogens is 288 g/mol. The van der Waals surface area contributed by atoms with Crippen molar-refractivity contribution >= 4 is 11.8 Å². The molecule has 2 heterocycles. The van der Waals surface area contributed by atoms with E-state index in [2.05, 4.69) is 35.7 Å². The summed E-state index contributed by atoms with van der Waals surface area (Å²) in [4.78, 5) is 7.48. The van der Waals surface area contributed by atoms with Crippen LogP contribution in [0.25, 0.3) is 0 Å². The molecule has 0 bridgehead atoms. The van der Waals surface area contributed by atoms with E-state index in [9.17, 15) is 0 Å². The van der Waals surface area contributed by atoms with Crippen LogP contribution >= 0.6 is 11.8 Å². The van der Waals surface area contributed by atoms with Crippen LogP contribution in [0.1, 0.15) is 76.3 Å². The topological polar surface area (TPSA) is 16.1 Å². The summed E-state index contributed by atoms with van der Waals surface area (Å²) in [6.07, 6.45) is 14.3. The molecule has 3 heteroatoms. The summed E-state index contributed by atoms with van der Waals surface area (Å²) in [6, 6.07) is 5.09. The lowest BCUT2D eigenvalue weighted by atomic mass is 9.96. The van der Waals surface area contributed by atoms with Crippen LogP contribution in [-0.2, 0) is 0 Å². The molecule has 2 aliphatic rings. The highest BCUT2D eigenvalue weighted by Crippen LogP contribution is 2.39. The fourth-order valence-corrected chi connectivity index (χ4v) is 5.34. The number of hydrogen-bond acceptors (Lipinski definition) is 3. The number of aromatic nitrogens is 1. The lowest BCUT2D eigenvalue weighted by Gasteiger charge is -2.36. The van der Waals surface area contributed by atoms with Crippen LogP contribution in [0.15, 0.2) is 23.4 Å². The number of thioether (sulfide) groups is 1. The fraction of sp³-hybridized carbons (Fsp3) is 0.737. The highest BCUT2D eigenvalue weighted by atomic mass is 32.2. The Hall–Kier alpha value is -0.540. The average molecular weight is 319 g/mol. The first kappa shape index (κ1) is 16.3. The lowest BCUT2D eigenvalue weighted by Crippen LogP contribution is -2.34. The number of likely N-dealkylation sites (tertiary alicyclic amines) is 1. The Balaban J connectivity index is 1.76. The molecule has 0 spiro atoms. The lowest BCUT2D eigenvalue weighted by molar-refractivity contribution is 0.146. The third-order valence-electron chi connectivity index (χ3n) is 5.11. The molecule has 2 nitrogen and oxygen atoms in total. The number of nitrogens with zero attached hydrogens (tertiary/aromatic N) is 2. The third-order valence-corrected chi connectivity index (χ3v) is 6.48. The normalized spacial score (nSPS) is 24.5. The SMILES string of the molecule is CCCN1CCCC[C@@H]1c1cccnc1SC1CCCCC1. The van der Waals surface area contributed by atoms with Crippen LogP contribution in [-0.4, -0.2) is 28.2 Å². The van der Waals surface area contributed by atoms with E-state index in [1.165, 1.54) is 81.5 Å². The second-order valence-corrected chi connectivity index (χ2v) is 8.11. The van der Waals surface area contributed by atoms with Gasteiger partial charge in [-0.3, -0.25) is 4.90 Å². The molecule has 1 atom stereocenters. The minimum Gasteiger partial charge on any atom is -0.296 e. The number of hydrogen-bond donors (Lipinski definition) is 0. The van der Waals surface area contributed by atoms with Gasteiger partial charge in [-0.15, -0.1) is 11.8 Å². The van der Waals surface area contributed by atoms with Gasteiger partial charge in [0.1, 0.15) is 5.03 Å². The maximum absolute atomic E-state index is 4.78. The fourth-order valence-electron chi connectivity index (χ4n) is 3.99. The van der Waals surface area contributed by atoms with E-state index in [1.54, 1.807) is 0 Å². The van der Waals surface area contributed by atoms with Crippen LogP contribution in [0, 0.1) is 0 Å². The van der Waals surface area contributed by atoms with E-state index < -0.39 is 0 Å². The van der Waals surface area contributed by atoms with Crippen molar-refractivity contribution in [3.63, 3.8) is 0 Å². The van der Waals surface area contributed by atoms with Gasteiger partial charge in [0.15, 0.2) is 0 Å². The molecule has 1 saturated heterocycles. The largest absolute Gasteiger partial charge is 0.296 e. The molecule has 0 aromatic carbocycles. The number of pyridine rings is 1. The number of piperidine rings is 1. The Bertz CT molecular complexity index is 455. The molecule has 1 saturated carbocycles. The van der Waals surface area contributed by atoms with Gasteiger partial charge in [-0.2, -0.15) is 0 Å². The zero-order valence-corrected chi connectivity index (χ0v) is 14.8. The van der Waals surface area contributed by atoms with E-state index in [1.807, 2.05) is 6.20 Å². The summed E-state index contributed by atoms with van der Waals surface area (Å²) in [7, 11) is 0. The van der Waals surface area contributed by atoms with E-state index in [4.69, 9.17) is 4.98 Å². The summed E-state index contributed by atoms with van der Waals surface area (Å²) >= 11 is 2.07. The van der Waals surface area contributed by atoms with Crippen LogP contribution in [0.4, 0.5) is 0 Å². The van der Waals surface area contributed by atoms with Gasteiger partial charge in [0.25, 0.3) is 0 Å². The molecule has 0 N–H and O–H groups in total. The van der Waals surface area contributed by atoms with Gasteiger partial charge < -0.3 is 0 Å². The van der Waals surface area contributed by atoms with Crippen molar-refractivity contribution in [3.8, 4) is 0 Å². The molecule has 1 aliphatic heterocycles. The van der Waals surface area contributed by atoms with Gasteiger partial charge in [-0.25, -0.2) is 4.98 Å². The minimum atomic E-state index is 0.605. The van der Waals surface area contributed by atoms with Crippen molar-refractivity contribution in [2.75, 3.05) is 13.1 Å². The second-order valence-electron chi connectivity index (χ2n) is 6.82. The average Bonchev–Trinajstić information content (AvgIpc) is 2.57. The molecular formula is C19H30N2S. The quantitative estimate of drug-likeness (QED) is 0.719. The Morgan fingerprint density at radius 1 is 1.14 bits per heavy atom. The zero-order valence-electron chi connectivity index (χ0n) is 14.0. The van der Waals surface area contributed by atoms with E-state index in [0.29, 0.717) is 6.04 Å². The Kier molecular flexibility index (Phi) is 6.20. The van der Waals surface area contributed by atoms with Gasteiger partial charge in [0.2, 0.25) is 0 Å². The van der Waals surface area contributed by atoms with Crippen molar-refractivity contribution in [3.05, 3.63) is 23.9 Å². The van der Waals surface area contributed by atoms with Crippen LogP contribution < -0.4 is 0 Å². The van der Waals surface area contributed by atoms with Crippen molar-refractivity contribution in [2.45, 2.75) is 81.0 Å². The van der Waals surface area contributed by atoms with E-state index >= 15 is 0 Å². The monoisotopic (exact) mass is 318 g/mol. The van der Waals surface area contributed by atoms with E-state index in [-0.39, 0.29) is 0 Å². The van der Waals surface area contributed by atoms with Crippen LogP contribution in [0.2, 0.25) is 0 Å². The first-order valence-electron chi connectivity index (χ1n) is 9.24. The van der Waals surface area contributed by atoms with Crippen LogP contribution in [0.5, 0.6) is 0 Å². The molecule has 0 radical (unpaired) electrons. The second kappa shape index (κ2) is 8.35. The van der Waals surface area contributed by atoms with Crippen LogP contribution in [0.3, 0.4) is 0 Å². The van der Waals surface area contributed by atoms with Crippen molar-refractivity contribution in [1.29, 1.82) is 0 Å². The Morgan fingerprint density at radius 3 is 2.77 bits per heavy atom. The minimum absolute atomic E-state index is 0.605. The highest BCUT2D eigenvalue weighted by molar-refractivity contribution is 7.99. The van der Waals surface area contributed by atoms with Crippen molar-refractivity contribution in [1.82, 2.24) is 9.88 Å². The highest BCUT2D eigenvalue weighted by Gasteiger charge is 2.27. The summed E-state index contributed by atoms with van der Waals surface area (Å²) < 4.78 is 0. The third kappa shape index (κ3) is 4.05. The predicted octanol–water partition coefficient (Wildman–Crippen LogP) is 5.44. The van der Waals surface area contributed by atoms with Crippen molar-refractivity contribution < 1.29 is 0 Å². The molecule has 2 fully saturated rings. The van der Waals surface area contributed by atoms with Gasteiger partial charge in [0, 0.05) is 23.1 Å². The molecule has 1 aromatic heterocycles. The Labute approximate surface area is 140 Å². The standard InChI is InChI=1S/C19H30N2S/c1-2-14-21-15-7-6-12-18(21)17-11-8-13-20-19(17)22-16-9-4-3-5-10-16/h8,11,13,16,18H,2-7,9-10,12,14-15H2,1H3/t18-/m1/s1. The summed E-state index contributed by atoms with van der Waals surface area (Å²) in [5.74, 6) is 0. The maximum atomic E-state index is 4.78. The molecule has 1 aliphatic carbocycles. The maximum Gasteiger partial charge on any atom is 0.101 e. The summed E-state index contributed by atoms with van der Waals surface area (Å²) in [5.41, 5.74) is 1.51. The molecule has 3 rings (SSSR count). The van der Waals surface area contributed by atoms with Gasteiger partial charge in [-0.1, -0.05) is 38.7 Å². The van der Waals surface area contributed by atoms with Gasteiger partial charge in [-0.05, 0) is 51.3 Å². The van der Waals surface area contributed by atoms with E-state index in [0.717, 1.165) is 5.25 Å². The first-order chi connectivity index (χ1) is 10.9. The summed E-state index contributed by atoms with van der Waals surface area (Å²) in [6.45, 7) is 4.79. The zero-order chi connectivity index (χ0) is 15.2. The first-order valence-corrected chi connectivity index (χ1v) is 10.1. The predicted molar refractivity (Wildman–Crippen MR) is 95.4 cm³/mol. The van der Waals surface area contributed by atoms with Gasteiger partial charge >= 0.3 is 0 Å². The van der Waals surface area contributed by atoms with Gasteiger partial charge in [0.05, 0.1) is 0 Å². The Morgan fingerprint density at radius 2 is 1.95 bits per heavy atom. The number of rotatable bonds is 5. The molecule has 122 valence electrons. The molecule has 0 unspecified atom stereocenters. The smallest absolute Gasteiger partial charge is 0.101 e. The van der Waals surface area contributed by atoms with Crippen molar-refractivity contribution in [2.24, 2.45) is 0 Å². The summed E-state index contributed by atoms with van der Waals surface area (Å²) in [5, 5.41) is 2.12. The molecule has 22 heavy (non-hydrogen) atoms. The molecule has 1 aromatic rings. The molecule has 0 amide bonds.